The Hall–Kier alpha value is -1.36. The summed E-state index contributed by atoms with van der Waals surface area (Å²) in [5.74, 6) is -0.725. The molecule has 1 aromatic rings. The number of carbonyl (C=O) groups is 1. The average Bonchev–Trinajstić information content (AvgIpc) is 2.91. The summed E-state index contributed by atoms with van der Waals surface area (Å²) in [7, 11) is -17.0. The molecule has 2 heterocycles. The molecule has 0 bridgehead atoms. The number of ether oxygens (including phenoxy) is 1. The Kier molecular flexibility index (Phi) is 8.69. The maximum atomic E-state index is 12.5. The highest BCUT2D eigenvalue weighted by Gasteiger charge is 2.47. The molecule has 0 saturated carbocycles. The van der Waals surface area contributed by atoms with E-state index < -0.39 is 82.6 Å². The van der Waals surface area contributed by atoms with Crippen molar-refractivity contribution in [2.45, 2.75) is 45.2 Å². The molecule has 7 N–H and O–H groups in total. The van der Waals surface area contributed by atoms with Crippen LogP contribution >= 0.6 is 23.5 Å². The standard InChI is InChI=1S/C14H23N2O16P3/c1-14(2,3)12(20)16-4-6(11(19)15-13(16)21)10-9(18)8(17)7(30-10)5-29-34(25,26)32-35(27,28)31-33(22,23)24/h4,7-10,17-18H,5H2,1-3H3,(H,25,26)(H,27,28)(H,15,19,21)(H2,22,23,24)/t7-,8-,9-,10+/m1/s1. The molecule has 1 saturated heterocycles. The van der Waals surface area contributed by atoms with Gasteiger partial charge in [-0.05, 0) is 0 Å². The van der Waals surface area contributed by atoms with E-state index in [1.807, 2.05) is 4.98 Å². The molecular formula is C14H23N2O16P3. The fourth-order valence-corrected chi connectivity index (χ4v) is 5.85. The minimum Gasteiger partial charge on any atom is -0.387 e. The van der Waals surface area contributed by atoms with Crippen LogP contribution in [0.1, 0.15) is 37.2 Å². The van der Waals surface area contributed by atoms with Gasteiger partial charge in [-0.2, -0.15) is 8.62 Å². The summed E-state index contributed by atoms with van der Waals surface area (Å²) in [5, 5.41) is 20.5. The lowest BCUT2D eigenvalue weighted by atomic mass is 9.95. The molecule has 0 radical (unpaired) electrons. The molecule has 0 aromatic carbocycles. The largest absolute Gasteiger partial charge is 0.490 e. The van der Waals surface area contributed by atoms with E-state index in [9.17, 15) is 43.2 Å². The molecule has 6 atom stereocenters. The highest BCUT2D eigenvalue weighted by Crippen LogP contribution is 2.66. The average molecular weight is 568 g/mol. The number of aromatic amines is 1. The normalized spacial score (nSPS) is 26.8. The van der Waals surface area contributed by atoms with Crippen LogP contribution in [0.25, 0.3) is 0 Å². The van der Waals surface area contributed by atoms with E-state index in [-0.39, 0.29) is 0 Å². The summed E-state index contributed by atoms with van der Waals surface area (Å²) < 4.78 is 51.1. The molecule has 1 fully saturated rings. The maximum absolute atomic E-state index is 12.5. The van der Waals surface area contributed by atoms with E-state index in [4.69, 9.17) is 19.4 Å². The van der Waals surface area contributed by atoms with Crippen molar-refractivity contribution in [3.63, 3.8) is 0 Å². The molecule has 0 aliphatic carbocycles. The highest BCUT2D eigenvalue weighted by atomic mass is 31.3. The quantitative estimate of drug-likeness (QED) is 0.180. The maximum Gasteiger partial charge on any atom is 0.490 e. The van der Waals surface area contributed by atoms with Crippen molar-refractivity contribution in [2.75, 3.05) is 6.61 Å². The Morgan fingerprint density at radius 1 is 1.06 bits per heavy atom. The fourth-order valence-electron chi connectivity index (χ4n) is 2.82. The Labute approximate surface area is 195 Å². The van der Waals surface area contributed by atoms with Gasteiger partial charge in [-0.25, -0.2) is 23.1 Å². The summed E-state index contributed by atoms with van der Waals surface area (Å²) in [6.07, 6.45) is -6.28. The lowest BCUT2D eigenvalue weighted by Gasteiger charge is -2.20. The first-order valence-electron chi connectivity index (χ1n) is 9.34. The number of H-pyrrole nitrogens is 1. The van der Waals surface area contributed by atoms with Crippen LogP contribution in [0.15, 0.2) is 15.8 Å². The molecule has 1 aromatic heterocycles. The number of aliphatic hydroxyl groups excluding tert-OH is 2. The Morgan fingerprint density at radius 3 is 2.14 bits per heavy atom. The predicted octanol–water partition coefficient (Wildman–Crippen LogP) is -1.27. The number of aromatic nitrogens is 2. The summed E-state index contributed by atoms with van der Waals surface area (Å²) in [5.41, 5.74) is -3.66. The van der Waals surface area contributed by atoms with Crippen molar-refractivity contribution in [2.24, 2.45) is 5.41 Å². The van der Waals surface area contributed by atoms with Gasteiger partial charge in [0.05, 0.1) is 12.2 Å². The van der Waals surface area contributed by atoms with Crippen molar-refractivity contribution in [3.8, 4) is 0 Å². The van der Waals surface area contributed by atoms with Crippen molar-refractivity contribution in [1.29, 1.82) is 0 Å². The molecule has 21 heteroatoms. The van der Waals surface area contributed by atoms with Gasteiger partial charge in [0.25, 0.3) is 5.56 Å². The first-order valence-corrected chi connectivity index (χ1v) is 13.9. The van der Waals surface area contributed by atoms with E-state index in [0.717, 1.165) is 6.20 Å². The van der Waals surface area contributed by atoms with Crippen LogP contribution in [0.2, 0.25) is 0 Å². The van der Waals surface area contributed by atoms with Crippen LogP contribution in [0.4, 0.5) is 0 Å². The van der Waals surface area contributed by atoms with Crippen molar-refractivity contribution < 1.29 is 66.2 Å². The molecular weight excluding hydrogens is 545 g/mol. The molecule has 0 amide bonds. The van der Waals surface area contributed by atoms with Gasteiger partial charge < -0.3 is 34.5 Å². The van der Waals surface area contributed by atoms with Crippen LogP contribution in [-0.2, 0) is 31.6 Å². The van der Waals surface area contributed by atoms with Gasteiger partial charge in [0.15, 0.2) is 0 Å². The third kappa shape index (κ3) is 7.81. The zero-order chi connectivity index (χ0) is 27.1. The second-order valence-corrected chi connectivity index (χ2v) is 12.7. The number of carbonyl (C=O) groups excluding carboxylic acids is 1. The molecule has 35 heavy (non-hydrogen) atoms. The summed E-state index contributed by atoms with van der Waals surface area (Å²) in [6, 6.07) is 0. The van der Waals surface area contributed by atoms with E-state index in [2.05, 4.69) is 13.1 Å². The van der Waals surface area contributed by atoms with Gasteiger partial charge in [-0.15, -0.1) is 0 Å². The van der Waals surface area contributed by atoms with Crippen LogP contribution in [0.5, 0.6) is 0 Å². The number of aliphatic hydroxyl groups is 2. The molecule has 0 spiro atoms. The Bertz CT molecular complexity index is 1230. The first-order chi connectivity index (χ1) is 15.6. The lowest BCUT2D eigenvalue weighted by Crippen LogP contribution is -2.41. The lowest BCUT2D eigenvalue weighted by molar-refractivity contribution is -0.0228. The zero-order valence-corrected chi connectivity index (χ0v) is 20.8. The van der Waals surface area contributed by atoms with E-state index in [1.165, 1.54) is 20.8 Å². The number of hydrogen-bond donors (Lipinski definition) is 7. The van der Waals surface area contributed by atoms with Gasteiger partial charge in [-0.3, -0.25) is 19.1 Å². The number of phosphoric ester groups is 1. The van der Waals surface area contributed by atoms with Crippen molar-refractivity contribution in [3.05, 3.63) is 32.6 Å². The molecule has 18 nitrogen and oxygen atoms in total. The van der Waals surface area contributed by atoms with Gasteiger partial charge >= 0.3 is 29.2 Å². The topological polar surface area (TPSA) is 281 Å². The smallest absolute Gasteiger partial charge is 0.387 e. The molecule has 1 aliphatic rings. The van der Waals surface area contributed by atoms with Gasteiger partial charge in [0, 0.05) is 11.6 Å². The number of phosphoric acid groups is 3. The number of nitrogens with zero attached hydrogens (tertiary/aromatic N) is 1. The van der Waals surface area contributed by atoms with E-state index in [0.29, 0.717) is 4.57 Å². The number of hydrogen-bond acceptors (Lipinski definition) is 12. The summed E-state index contributed by atoms with van der Waals surface area (Å²) in [4.78, 5) is 74.3. The van der Waals surface area contributed by atoms with Gasteiger partial charge in [0.2, 0.25) is 5.91 Å². The number of rotatable bonds is 8. The van der Waals surface area contributed by atoms with Crippen LogP contribution < -0.4 is 11.2 Å². The van der Waals surface area contributed by atoms with Crippen LogP contribution in [0.3, 0.4) is 0 Å². The predicted molar refractivity (Wildman–Crippen MR) is 111 cm³/mol. The summed E-state index contributed by atoms with van der Waals surface area (Å²) >= 11 is 0. The Morgan fingerprint density at radius 2 is 1.63 bits per heavy atom. The number of nitrogens with one attached hydrogen (secondary N) is 1. The monoisotopic (exact) mass is 568 g/mol. The zero-order valence-electron chi connectivity index (χ0n) is 18.1. The minimum absolute atomic E-state index is 0.463. The third-order valence-electron chi connectivity index (χ3n) is 4.32. The summed E-state index contributed by atoms with van der Waals surface area (Å²) in [6.45, 7) is 3.37. The van der Waals surface area contributed by atoms with Gasteiger partial charge in [-0.1, -0.05) is 20.8 Å². The SMILES string of the molecule is CC(C)(C)C(=O)n1cc([C@@H]2O[C@H](COP(=O)(O)OP(=O)(O)OP(=O)(O)O)[C@@H](O)[C@H]2O)c(=O)[nH]c1=O. The second kappa shape index (κ2) is 10.2. The molecule has 200 valence electrons. The Balaban J connectivity index is 2.22. The third-order valence-corrected chi connectivity index (χ3v) is 8.12. The minimum atomic E-state index is -5.79. The van der Waals surface area contributed by atoms with Gasteiger partial charge in [0.1, 0.15) is 24.4 Å². The van der Waals surface area contributed by atoms with Crippen molar-refractivity contribution >= 4 is 29.4 Å². The van der Waals surface area contributed by atoms with Crippen LogP contribution in [-0.4, -0.2) is 70.2 Å². The van der Waals surface area contributed by atoms with E-state index >= 15 is 0 Å². The second-order valence-electron chi connectivity index (χ2n) is 8.23. The molecule has 2 rings (SSSR count). The molecule has 1 aliphatic heterocycles. The first kappa shape index (κ1) is 29.9. The molecule has 2 unspecified atom stereocenters. The van der Waals surface area contributed by atoms with Crippen molar-refractivity contribution in [1.82, 2.24) is 9.55 Å². The van der Waals surface area contributed by atoms with Crippen LogP contribution in [0, 0.1) is 5.41 Å². The highest BCUT2D eigenvalue weighted by molar-refractivity contribution is 7.66. The van der Waals surface area contributed by atoms with E-state index in [1.54, 1.807) is 0 Å². The fraction of sp³-hybridized carbons (Fsp3) is 0.643.